The SMILES string of the molecule is CC(C)(N)C(=O)CCCOCc1ccccc1. The van der Waals surface area contributed by atoms with E-state index in [1.54, 1.807) is 13.8 Å². The third kappa shape index (κ3) is 5.61. The Hall–Kier alpha value is -1.19. The molecule has 2 N–H and O–H groups in total. The van der Waals surface area contributed by atoms with Crippen molar-refractivity contribution < 1.29 is 9.53 Å². The van der Waals surface area contributed by atoms with Crippen LogP contribution in [-0.4, -0.2) is 17.9 Å². The summed E-state index contributed by atoms with van der Waals surface area (Å²) in [5.74, 6) is 0.0841. The van der Waals surface area contributed by atoms with Gasteiger partial charge in [0, 0.05) is 13.0 Å². The highest BCUT2D eigenvalue weighted by Crippen LogP contribution is 2.06. The number of ketones is 1. The average molecular weight is 235 g/mol. The molecule has 0 saturated heterocycles. The number of carbonyl (C=O) groups excluding carboxylic acids is 1. The van der Waals surface area contributed by atoms with Crippen LogP contribution in [0, 0.1) is 0 Å². The summed E-state index contributed by atoms with van der Waals surface area (Å²) in [6.45, 7) is 4.66. The average Bonchev–Trinajstić information content (AvgIpc) is 2.28. The molecule has 1 rings (SSSR count). The second kappa shape index (κ2) is 6.52. The van der Waals surface area contributed by atoms with Gasteiger partial charge in [-0.1, -0.05) is 30.3 Å². The van der Waals surface area contributed by atoms with Gasteiger partial charge in [-0.05, 0) is 25.8 Å². The number of nitrogens with two attached hydrogens (primary N) is 1. The van der Waals surface area contributed by atoms with Gasteiger partial charge in [-0.2, -0.15) is 0 Å². The van der Waals surface area contributed by atoms with E-state index in [1.165, 1.54) is 0 Å². The third-order valence-corrected chi connectivity index (χ3v) is 2.52. The summed E-state index contributed by atoms with van der Waals surface area (Å²) < 4.78 is 5.49. The van der Waals surface area contributed by atoms with Crippen molar-refractivity contribution in [2.75, 3.05) is 6.61 Å². The van der Waals surface area contributed by atoms with Crippen molar-refractivity contribution in [1.82, 2.24) is 0 Å². The lowest BCUT2D eigenvalue weighted by molar-refractivity contribution is -0.123. The molecule has 0 saturated carbocycles. The molecule has 0 heterocycles. The minimum absolute atomic E-state index is 0.0841. The minimum Gasteiger partial charge on any atom is -0.377 e. The summed E-state index contributed by atoms with van der Waals surface area (Å²) in [6, 6.07) is 9.99. The molecular formula is C14H21NO2. The molecule has 0 spiro atoms. The molecular weight excluding hydrogens is 214 g/mol. The second-order valence-electron chi connectivity index (χ2n) is 4.79. The molecule has 3 nitrogen and oxygen atoms in total. The molecule has 0 amide bonds. The highest BCUT2D eigenvalue weighted by Gasteiger charge is 2.20. The van der Waals surface area contributed by atoms with Crippen molar-refractivity contribution in [3.8, 4) is 0 Å². The normalized spacial score (nSPS) is 11.5. The van der Waals surface area contributed by atoms with Gasteiger partial charge in [0.05, 0.1) is 12.1 Å². The molecule has 0 aliphatic rings. The Bertz CT molecular complexity index is 341. The fourth-order valence-corrected chi connectivity index (χ4v) is 1.42. The monoisotopic (exact) mass is 235 g/mol. The van der Waals surface area contributed by atoms with Crippen LogP contribution in [0.15, 0.2) is 30.3 Å². The fraction of sp³-hybridized carbons (Fsp3) is 0.500. The quantitative estimate of drug-likeness (QED) is 0.738. The lowest BCUT2D eigenvalue weighted by Gasteiger charge is -2.16. The first-order chi connectivity index (χ1) is 8.00. The van der Waals surface area contributed by atoms with Gasteiger partial charge in [-0.3, -0.25) is 4.79 Å². The predicted molar refractivity (Wildman–Crippen MR) is 68.6 cm³/mol. The van der Waals surface area contributed by atoms with E-state index in [1.807, 2.05) is 30.3 Å². The van der Waals surface area contributed by atoms with E-state index in [2.05, 4.69) is 0 Å². The predicted octanol–water partition coefficient (Wildman–Crippen LogP) is 2.29. The first-order valence-corrected chi connectivity index (χ1v) is 5.94. The molecule has 1 aromatic carbocycles. The van der Waals surface area contributed by atoms with Crippen molar-refractivity contribution in [3.63, 3.8) is 0 Å². The largest absolute Gasteiger partial charge is 0.377 e. The summed E-state index contributed by atoms with van der Waals surface area (Å²) in [4.78, 5) is 11.5. The first kappa shape index (κ1) is 13.9. The molecule has 0 atom stereocenters. The molecule has 0 bridgehead atoms. The highest BCUT2D eigenvalue weighted by molar-refractivity contribution is 5.87. The summed E-state index contributed by atoms with van der Waals surface area (Å²) in [6.07, 6.45) is 1.21. The smallest absolute Gasteiger partial charge is 0.152 e. The molecule has 3 heteroatoms. The van der Waals surface area contributed by atoms with Crippen molar-refractivity contribution in [1.29, 1.82) is 0 Å². The molecule has 0 unspecified atom stereocenters. The van der Waals surface area contributed by atoms with Crippen LogP contribution in [-0.2, 0) is 16.1 Å². The molecule has 0 radical (unpaired) electrons. The summed E-state index contributed by atoms with van der Waals surface area (Å²) in [5, 5.41) is 0. The number of Topliss-reactive ketones (excluding diaryl/α,β-unsaturated/α-hetero) is 1. The van der Waals surface area contributed by atoms with Gasteiger partial charge in [0.1, 0.15) is 0 Å². The maximum atomic E-state index is 11.5. The van der Waals surface area contributed by atoms with Crippen LogP contribution in [0.25, 0.3) is 0 Å². The van der Waals surface area contributed by atoms with Crippen molar-refractivity contribution in [2.24, 2.45) is 5.73 Å². The summed E-state index contributed by atoms with van der Waals surface area (Å²) >= 11 is 0. The first-order valence-electron chi connectivity index (χ1n) is 5.94. The number of benzene rings is 1. The van der Waals surface area contributed by atoms with Crippen LogP contribution in [0.1, 0.15) is 32.3 Å². The van der Waals surface area contributed by atoms with Crippen molar-refractivity contribution >= 4 is 5.78 Å². The molecule has 17 heavy (non-hydrogen) atoms. The lowest BCUT2D eigenvalue weighted by Crippen LogP contribution is -2.41. The van der Waals surface area contributed by atoms with E-state index in [9.17, 15) is 4.79 Å². The van der Waals surface area contributed by atoms with Gasteiger partial charge < -0.3 is 10.5 Å². The Morgan fingerprint density at radius 3 is 2.53 bits per heavy atom. The van der Waals surface area contributed by atoms with Gasteiger partial charge in [0.15, 0.2) is 5.78 Å². The number of hydrogen-bond donors (Lipinski definition) is 1. The van der Waals surface area contributed by atoms with Crippen LogP contribution in [0.5, 0.6) is 0 Å². The fourth-order valence-electron chi connectivity index (χ4n) is 1.42. The molecule has 0 aromatic heterocycles. The summed E-state index contributed by atoms with van der Waals surface area (Å²) in [5.41, 5.74) is 6.12. The van der Waals surface area contributed by atoms with E-state index in [4.69, 9.17) is 10.5 Å². The molecule has 94 valence electrons. The maximum absolute atomic E-state index is 11.5. The molecule has 0 aliphatic heterocycles. The molecule has 0 aliphatic carbocycles. The van der Waals surface area contributed by atoms with Crippen molar-refractivity contribution in [2.45, 2.75) is 38.8 Å². The Morgan fingerprint density at radius 2 is 1.94 bits per heavy atom. The third-order valence-electron chi connectivity index (χ3n) is 2.52. The Balaban J connectivity index is 2.12. The maximum Gasteiger partial charge on any atom is 0.152 e. The van der Waals surface area contributed by atoms with E-state index in [-0.39, 0.29) is 5.78 Å². The van der Waals surface area contributed by atoms with Gasteiger partial charge >= 0.3 is 0 Å². The van der Waals surface area contributed by atoms with Gasteiger partial charge in [0.2, 0.25) is 0 Å². The standard InChI is InChI=1S/C14H21NO2/c1-14(2,15)13(16)9-6-10-17-11-12-7-4-3-5-8-12/h3-5,7-8H,6,9-11,15H2,1-2H3. The zero-order valence-electron chi connectivity index (χ0n) is 10.6. The number of hydrogen-bond acceptors (Lipinski definition) is 3. The highest BCUT2D eigenvalue weighted by atomic mass is 16.5. The second-order valence-corrected chi connectivity index (χ2v) is 4.79. The van der Waals surface area contributed by atoms with Crippen LogP contribution in [0.4, 0.5) is 0 Å². The number of carbonyl (C=O) groups is 1. The van der Waals surface area contributed by atoms with E-state index in [0.717, 1.165) is 12.0 Å². The Labute approximate surface area is 103 Å². The molecule has 0 fully saturated rings. The van der Waals surface area contributed by atoms with E-state index in [0.29, 0.717) is 19.6 Å². The Kier molecular flexibility index (Phi) is 5.32. The zero-order valence-corrected chi connectivity index (χ0v) is 10.6. The minimum atomic E-state index is -0.723. The number of rotatable bonds is 7. The van der Waals surface area contributed by atoms with Crippen LogP contribution in [0.3, 0.4) is 0 Å². The van der Waals surface area contributed by atoms with Crippen LogP contribution in [0.2, 0.25) is 0 Å². The summed E-state index contributed by atoms with van der Waals surface area (Å²) in [7, 11) is 0. The van der Waals surface area contributed by atoms with Gasteiger partial charge in [-0.15, -0.1) is 0 Å². The zero-order chi connectivity index (χ0) is 12.7. The van der Waals surface area contributed by atoms with Crippen molar-refractivity contribution in [3.05, 3.63) is 35.9 Å². The van der Waals surface area contributed by atoms with E-state index >= 15 is 0 Å². The Morgan fingerprint density at radius 1 is 1.29 bits per heavy atom. The van der Waals surface area contributed by atoms with Crippen LogP contribution >= 0.6 is 0 Å². The van der Waals surface area contributed by atoms with Crippen LogP contribution < -0.4 is 5.73 Å². The topological polar surface area (TPSA) is 52.3 Å². The van der Waals surface area contributed by atoms with E-state index < -0.39 is 5.54 Å². The molecule has 1 aromatic rings. The van der Waals surface area contributed by atoms with Gasteiger partial charge in [-0.25, -0.2) is 0 Å². The van der Waals surface area contributed by atoms with Gasteiger partial charge in [0.25, 0.3) is 0 Å². The lowest BCUT2D eigenvalue weighted by atomic mass is 9.97. The number of ether oxygens (including phenoxy) is 1.